The van der Waals surface area contributed by atoms with Crippen molar-refractivity contribution in [2.75, 3.05) is 0 Å². The second-order valence-corrected chi connectivity index (χ2v) is 5.34. The molecule has 1 fully saturated rings. The SMILES string of the molecule is CCCC1NC(C(C)CC)C(=O)N1C(C)CC. The quantitative estimate of drug-likeness (QED) is 0.774. The predicted octanol–water partition coefficient (Wildman–Crippen LogP) is 2.76. The molecule has 0 bridgehead atoms. The van der Waals surface area contributed by atoms with Gasteiger partial charge >= 0.3 is 0 Å². The van der Waals surface area contributed by atoms with Gasteiger partial charge in [-0.25, -0.2) is 0 Å². The maximum atomic E-state index is 12.5. The molecule has 0 radical (unpaired) electrons. The summed E-state index contributed by atoms with van der Waals surface area (Å²) in [6.45, 7) is 10.8. The highest BCUT2D eigenvalue weighted by Gasteiger charge is 2.41. The van der Waals surface area contributed by atoms with Crippen molar-refractivity contribution in [3.63, 3.8) is 0 Å². The van der Waals surface area contributed by atoms with Crippen LogP contribution in [0.25, 0.3) is 0 Å². The Balaban J connectivity index is 2.81. The fraction of sp³-hybridized carbons (Fsp3) is 0.929. The first-order valence-corrected chi connectivity index (χ1v) is 7.14. The van der Waals surface area contributed by atoms with Crippen LogP contribution in [0.5, 0.6) is 0 Å². The minimum Gasteiger partial charge on any atom is -0.323 e. The molecule has 17 heavy (non-hydrogen) atoms. The van der Waals surface area contributed by atoms with Crippen molar-refractivity contribution in [3.8, 4) is 0 Å². The zero-order valence-electron chi connectivity index (χ0n) is 12.0. The van der Waals surface area contributed by atoms with E-state index in [1.54, 1.807) is 0 Å². The molecular formula is C14H28N2O. The first kappa shape index (κ1) is 14.5. The third kappa shape index (κ3) is 3.01. The minimum absolute atomic E-state index is 0.0329. The molecule has 0 saturated carbocycles. The Morgan fingerprint density at radius 1 is 1.24 bits per heavy atom. The normalized spacial score (nSPS) is 28.5. The molecule has 3 nitrogen and oxygen atoms in total. The van der Waals surface area contributed by atoms with E-state index in [2.05, 4.69) is 44.8 Å². The molecular weight excluding hydrogens is 212 g/mol. The van der Waals surface area contributed by atoms with E-state index in [0.717, 1.165) is 25.7 Å². The number of carbonyl (C=O) groups is 1. The van der Waals surface area contributed by atoms with E-state index in [0.29, 0.717) is 17.9 Å². The van der Waals surface area contributed by atoms with E-state index < -0.39 is 0 Å². The molecule has 4 unspecified atom stereocenters. The molecule has 1 N–H and O–H groups in total. The monoisotopic (exact) mass is 240 g/mol. The molecule has 0 spiro atoms. The van der Waals surface area contributed by atoms with Crippen LogP contribution >= 0.6 is 0 Å². The van der Waals surface area contributed by atoms with Crippen LogP contribution in [0.1, 0.15) is 60.3 Å². The third-order valence-electron chi connectivity index (χ3n) is 4.07. The summed E-state index contributed by atoms with van der Waals surface area (Å²) in [5.74, 6) is 0.739. The van der Waals surface area contributed by atoms with Gasteiger partial charge in [-0.05, 0) is 25.7 Å². The summed E-state index contributed by atoms with van der Waals surface area (Å²) in [5, 5.41) is 3.53. The topological polar surface area (TPSA) is 32.3 Å². The van der Waals surface area contributed by atoms with Crippen LogP contribution in [0.2, 0.25) is 0 Å². The van der Waals surface area contributed by atoms with E-state index in [-0.39, 0.29) is 12.2 Å². The van der Waals surface area contributed by atoms with Crippen LogP contribution in [-0.4, -0.2) is 29.1 Å². The average Bonchev–Trinajstić information content (AvgIpc) is 2.65. The Hall–Kier alpha value is -0.570. The molecule has 1 heterocycles. The van der Waals surface area contributed by atoms with Crippen molar-refractivity contribution in [2.24, 2.45) is 5.92 Å². The van der Waals surface area contributed by atoms with Crippen LogP contribution in [0.15, 0.2) is 0 Å². The standard InChI is InChI=1S/C14H28N2O/c1-6-9-12-15-13(10(4)7-2)14(17)16(12)11(5)8-3/h10-13,15H,6-9H2,1-5H3. The number of amides is 1. The van der Waals surface area contributed by atoms with Gasteiger partial charge in [-0.1, -0.05) is 40.5 Å². The largest absolute Gasteiger partial charge is 0.323 e. The number of carbonyl (C=O) groups excluding carboxylic acids is 1. The summed E-state index contributed by atoms with van der Waals surface area (Å²) in [5.41, 5.74) is 0. The second kappa shape index (κ2) is 6.39. The minimum atomic E-state index is 0.0329. The summed E-state index contributed by atoms with van der Waals surface area (Å²) in [6, 6.07) is 0.381. The zero-order valence-corrected chi connectivity index (χ0v) is 12.0. The molecule has 0 aromatic carbocycles. The van der Waals surface area contributed by atoms with Gasteiger partial charge in [0.25, 0.3) is 0 Å². The van der Waals surface area contributed by atoms with Crippen LogP contribution in [0.4, 0.5) is 0 Å². The number of rotatable bonds is 6. The molecule has 3 heteroatoms. The van der Waals surface area contributed by atoms with Gasteiger partial charge in [0.15, 0.2) is 0 Å². The third-order valence-corrected chi connectivity index (χ3v) is 4.07. The highest BCUT2D eigenvalue weighted by Crippen LogP contribution is 2.24. The fourth-order valence-electron chi connectivity index (χ4n) is 2.53. The highest BCUT2D eigenvalue weighted by molar-refractivity contribution is 5.84. The first-order chi connectivity index (χ1) is 8.06. The number of hydrogen-bond acceptors (Lipinski definition) is 2. The molecule has 1 aliphatic heterocycles. The number of hydrogen-bond donors (Lipinski definition) is 1. The van der Waals surface area contributed by atoms with E-state index in [1.807, 2.05) is 0 Å². The van der Waals surface area contributed by atoms with Gasteiger partial charge in [0, 0.05) is 6.04 Å². The van der Waals surface area contributed by atoms with Crippen molar-refractivity contribution >= 4 is 5.91 Å². The maximum Gasteiger partial charge on any atom is 0.241 e. The zero-order chi connectivity index (χ0) is 13.0. The predicted molar refractivity (Wildman–Crippen MR) is 71.7 cm³/mol. The van der Waals surface area contributed by atoms with Gasteiger partial charge in [-0.2, -0.15) is 0 Å². The van der Waals surface area contributed by atoms with Crippen LogP contribution < -0.4 is 5.32 Å². The summed E-state index contributed by atoms with van der Waals surface area (Å²) in [7, 11) is 0. The van der Waals surface area contributed by atoms with Crippen molar-refractivity contribution in [1.82, 2.24) is 10.2 Å². The van der Waals surface area contributed by atoms with Crippen molar-refractivity contribution in [1.29, 1.82) is 0 Å². The maximum absolute atomic E-state index is 12.5. The molecule has 1 saturated heterocycles. The molecule has 100 valence electrons. The van der Waals surface area contributed by atoms with Gasteiger partial charge in [0.2, 0.25) is 5.91 Å². The van der Waals surface area contributed by atoms with Crippen molar-refractivity contribution in [2.45, 2.75) is 78.6 Å². The Kier molecular flexibility index (Phi) is 5.44. The van der Waals surface area contributed by atoms with Gasteiger partial charge in [-0.3, -0.25) is 10.1 Å². The molecule has 1 rings (SSSR count). The van der Waals surface area contributed by atoms with Crippen LogP contribution in [0, 0.1) is 5.92 Å². The Bertz CT molecular complexity index is 255. The molecule has 4 atom stereocenters. The van der Waals surface area contributed by atoms with Crippen molar-refractivity contribution < 1.29 is 4.79 Å². The lowest BCUT2D eigenvalue weighted by Gasteiger charge is -2.29. The fourth-order valence-corrected chi connectivity index (χ4v) is 2.53. The lowest BCUT2D eigenvalue weighted by atomic mass is 9.99. The molecule has 0 aromatic heterocycles. The van der Waals surface area contributed by atoms with Gasteiger partial charge in [0.05, 0.1) is 12.2 Å². The molecule has 1 amide bonds. The number of nitrogens with zero attached hydrogens (tertiary/aromatic N) is 1. The van der Waals surface area contributed by atoms with E-state index in [1.165, 1.54) is 0 Å². The summed E-state index contributed by atoms with van der Waals surface area (Å²) in [4.78, 5) is 14.5. The lowest BCUT2D eigenvalue weighted by Crippen LogP contribution is -2.42. The Morgan fingerprint density at radius 2 is 1.88 bits per heavy atom. The van der Waals surface area contributed by atoms with Gasteiger partial charge < -0.3 is 4.90 Å². The van der Waals surface area contributed by atoms with Gasteiger partial charge in [-0.15, -0.1) is 0 Å². The second-order valence-electron chi connectivity index (χ2n) is 5.34. The smallest absolute Gasteiger partial charge is 0.241 e. The Morgan fingerprint density at radius 3 is 2.35 bits per heavy atom. The molecule has 1 aliphatic rings. The summed E-state index contributed by atoms with van der Waals surface area (Å²) < 4.78 is 0. The van der Waals surface area contributed by atoms with Crippen LogP contribution in [-0.2, 0) is 4.79 Å². The summed E-state index contributed by atoms with van der Waals surface area (Å²) >= 11 is 0. The van der Waals surface area contributed by atoms with E-state index >= 15 is 0 Å². The van der Waals surface area contributed by atoms with E-state index in [9.17, 15) is 4.79 Å². The van der Waals surface area contributed by atoms with E-state index in [4.69, 9.17) is 0 Å². The van der Waals surface area contributed by atoms with Gasteiger partial charge in [0.1, 0.15) is 0 Å². The average molecular weight is 240 g/mol. The lowest BCUT2D eigenvalue weighted by molar-refractivity contribution is -0.132. The first-order valence-electron chi connectivity index (χ1n) is 7.14. The van der Waals surface area contributed by atoms with Crippen LogP contribution in [0.3, 0.4) is 0 Å². The summed E-state index contributed by atoms with van der Waals surface area (Å²) in [6.07, 6.45) is 4.51. The number of nitrogens with one attached hydrogen (secondary N) is 1. The van der Waals surface area contributed by atoms with Crippen molar-refractivity contribution in [3.05, 3.63) is 0 Å². The molecule has 0 aliphatic carbocycles. The highest BCUT2D eigenvalue weighted by atomic mass is 16.2. The Labute approximate surface area is 106 Å². The molecule has 0 aromatic rings.